The van der Waals surface area contributed by atoms with Crippen molar-refractivity contribution >= 4 is 17.1 Å². The second kappa shape index (κ2) is 3.61. The van der Waals surface area contributed by atoms with Crippen molar-refractivity contribution < 1.29 is 0 Å². The minimum atomic E-state index is 0.811. The minimum Gasteiger partial charge on any atom is -0.392 e. The fraction of sp³-hybridized carbons (Fsp3) is 0.500. The summed E-state index contributed by atoms with van der Waals surface area (Å²) in [5.41, 5.74) is 0.984. The molecule has 0 aliphatic heterocycles. The third-order valence-electron chi connectivity index (χ3n) is 0.816. The van der Waals surface area contributed by atoms with E-state index >= 15 is 0 Å². The molecule has 0 aromatic heterocycles. The number of hydrogen-bond acceptors (Lipinski definition) is 2. The summed E-state index contributed by atoms with van der Waals surface area (Å²) in [6.07, 6.45) is 0.811. The predicted molar refractivity (Wildman–Crippen MR) is 41.1 cm³/mol. The van der Waals surface area contributed by atoms with Crippen molar-refractivity contribution in [2.45, 2.75) is 13.3 Å². The summed E-state index contributed by atoms with van der Waals surface area (Å²) in [7, 11) is 1.85. The van der Waals surface area contributed by atoms with Crippen LogP contribution in [0.1, 0.15) is 13.3 Å². The molecule has 0 amide bonds. The maximum absolute atomic E-state index is 4.84. The van der Waals surface area contributed by atoms with Gasteiger partial charge in [0, 0.05) is 19.2 Å². The van der Waals surface area contributed by atoms with E-state index in [1.54, 1.807) is 0 Å². The van der Waals surface area contributed by atoms with Gasteiger partial charge in [0.2, 0.25) is 0 Å². The van der Waals surface area contributed by atoms with Gasteiger partial charge in [-0.3, -0.25) is 0 Å². The van der Waals surface area contributed by atoms with Crippen LogP contribution in [0.2, 0.25) is 0 Å². The van der Waals surface area contributed by atoms with Crippen LogP contribution in [-0.4, -0.2) is 11.9 Å². The van der Waals surface area contributed by atoms with Crippen molar-refractivity contribution in [1.29, 1.82) is 0 Å². The average Bonchev–Trinajstić information content (AvgIpc) is 1.65. The second-order valence-corrected chi connectivity index (χ2v) is 2.43. The molecular weight excluding hydrogens is 118 g/mol. The molecule has 0 spiro atoms. The van der Waals surface area contributed by atoms with Crippen LogP contribution in [0.3, 0.4) is 0 Å². The molecule has 1 nitrogen and oxygen atoms in total. The Morgan fingerprint density at radius 2 is 2.25 bits per heavy atom. The minimum absolute atomic E-state index is 0.811. The highest BCUT2D eigenvalue weighted by Crippen LogP contribution is 1.93. The number of rotatable bonds is 3. The molecule has 0 saturated carbocycles. The Kier molecular flexibility index (Phi) is 3.44. The van der Waals surface area contributed by atoms with Gasteiger partial charge in [0.1, 0.15) is 0 Å². The normalized spacial score (nSPS) is 8.25. The number of hydrogen-bond donors (Lipinski definition) is 1. The Morgan fingerprint density at radius 3 is 2.38 bits per heavy atom. The molecule has 46 valence electrons. The molecule has 0 aliphatic rings. The SMILES string of the molecule is C=C(CC(C)=S)NC. The summed E-state index contributed by atoms with van der Waals surface area (Å²) in [6, 6.07) is 0. The highest BCUT2D eigenvalue weighted by atomic mass is 32.1. The first-order valence-corrected chi connectivity index (χ1v) is 2.92. The first-order chi connectivity index (χ1) is 3.66. The topological polar surface area (TPSA) is 12.0 Å². The number of allylic oxidation sites excluding steroid dienone is 1. The van der Waals surface area contributed by atoms with Crippen LogP contribution >= 0.6 is 12.2 Å². The lowest BCUT2D eigenvalue weighted by Crippen LogP contribution is -2.06. The highest BCUT2D eigenvalue weighted by Gasteiger charge is 1.88. The van der Waals surface area contributed by atoms with Gasteiger partial charge in [0.25, 0.3) is 0 Å². The molecular formula is C6H11NS. The quantitative estimate of drug-likeness (QED) is 0.579. The van der Waals surface area contributed by atoms with Crippen LogP contribution in [0.4, 0.5) is 0 Å². The van der Waals surface area contributed by atoms with Gasteiger partial charge in [-0.1, -0.05) is 18.8 Å². The van der Waals surface area contributed by atoms with Gasteiger partial charge in [0.05, 0.1) is 0 Å². The first kappa shape index (κ1) is 7.63. The van der Waals surface area contributed by atoms with E-state index in [1.807, 2.05) is 14.0 Å². The average molecular weight is 129 g/mol. The molecule has 0 fully saturated rings. The summed E-state index contributed by atoms with van der Waals surface area (Å²) < 4.78 is 0. The Labute approximate surface area is 55.8 Å². The van der Waals surface area contributed by atoms with Crippen LogP contribution in [0.15, 0.2) is 12.3 Å². The lowest BCUT2D eigenvalue weighted by Gasteiger charge is -1.99. The fourth-order valence-electron chi connectivity index (χ4n) is 0.389. The molecule has 0 aromatic carbocycles. The van der Waals surface area contributed by atoms with E-state index in [-0.39, 0.29) is 0 Å². The smallest absolute Gasteiger partial charge is 0.0178 e. The molecule has 0 saturated heterocycles. The van der Waals surface area contributed by atoms with E-state index in [1.165, 1.54) is 0 Å². The summed E-state index contributed by atoms with van der Waals surface area (Å²) in [4.78, 5) is 0.976. The molecule has 0 atom stereocenters. The monoisotopic (exact) mass is 129 g/mol. The van der Waals surface area contributed by atoms with Crippen LogP contribution in [-0.2, 0) is 0 Å². The zero-order chi connectivity index (χ0) is 6.57. The summed E-state index contributed by atoms with van der Waals surface area (Å²) in [5.74, 6) is 0. The summed E-state index contributed by atoms with van der Waals surface area (Å²) >= 11 is 4.84. The van der Waals surface area contributed by atoms with E-state index < -0.39 is 0 Å². The predicted octanol–water partition coefficient (Wildman–Crippen LogP) is 1.50. The Bertz CT molecular complexity index is 107. The molecule has 0 aliphatic carbocycles. The van der Waals surface area contributed by atoms with E-state index in [2.05, 4.69) is 11.9 Å². The van der Waals surface area contributed by atoms with Crippen LogP contribution in [0.5, 0.6) is 0 Å². The summed E-state index contributed by atoms with van der Waals surface area (Å²) in [5, 5.41) is 2.91. The maximum Gasteiger partial charge on any atom is 0.0178 e. The van der Waals surface area contributed by atoms with Gasteiger partial charge in [0.15, 0.2) is 0 Å². The number of nitrogens with one attached hydrogen (secondary N) is 1. The number of thiocarbonyl (C=S) groups is 1. The van der Waals surface area contributed by atoms with Crippen LogP contribution in [0.25, 0.3) is 0 Å². The van der Waals surface area contributed by atoms with Crippen molar-refractivity contribution in [3.8, 4) is 0 Å². The van der Waals surface area contributed by atoms with Crippen molar-refractivity contribution in [3.63, 3.8) is 0 Å². The molecule has 0 radical (unpaired) electrons. The van der Waals surface area contributed by atoms with E-state index in [0.29, 0.717) is 0 Å². The first-order valence-electron chi connectivity index (χ1n) is 2.51. The molecule has 0 bridgehead atoms. The standard InChI is InChI=1S/C6H11NS/c1-5(7-3)4-6(2)8/h7H,1,4H2,2-3H3. The molecule has 2 heteroatoms. The largest absolute Gasteiger partial charge is 0.392 e. The van der Waals surface area contributed by atoms with Crippen LogP contribution < -0.4 is 5.32 Å². The van der Waals surface area contributed by atoms with Gasteiger partial charge in [-0.05, 0) is 11.8 Å². The van der Waals surface area contributed by atoms with Gasteiger partial charge >= 0.3 is 0 Å². The molecule has 0 unspecified atom stereocenters. The van der Waals surface area contributed by atoms with Crippen molar-refractivity contribution in [1.82, 2.24) is 5.32 Å². The van der Waals surface area contributed by atoms with Crippen molar-refractivity contribution in [2.75, 3.05) is 7.05 Å². The van der Waals surface area contributed by atoms with Crippen LogP contribution in [0, 0.1) is 0 Å². The van der Waals surface area contributed by atoms with Crippen molar-refractivity contribution in [2.24, 2.45) is 0 Å². The van der Waals surface area contributed by atoms with Gasteiger partial charge in [-0.25, -0.2) is 0 Å². The van der Waals surface area contributed by atoms with E-state index in [4.69, 9.17) is 12.2 Å². The maximum atomic E-state index is 4.84. The van der Waals surface area contributed by atoms with Crippen molar-refractivity contribution in [3.05, 3.63) is 12.3 Å². The third kappa shape index (κ3) is 3.81. The zero-order valence-corrected chi connectivity index (χ0v) is 6.14. The van der Waals surface area contributed by atoms with Gasteiger partial charge in [-0.2, -0.15) is 0 Å². The molecule has 1 N–H and O–H groups in total. The Morgan fingerprint density at radius 1 is 1.75 bits per heavy atom. The Balaban J connectivity index is 3.40. The zero-order valence-electron chi connectivity index (χ0n) is 5.32. The lowest BCUT2D eigenvalue weighted by molar-refractivity contribution is 0.966. The third-order valence-corrected chi connectivity index (χ3v) is 0.960. The molecule has 0 aromatic rings. The van der Waals surface area contributed by atoms with Gasteiger partial charge in [-0.15, -0.1) is 0 Å². The lowest BCUT2D eigenvalue weighted by atomic mass is 10.3. The second-order valence-electron chi connectivity index (χ2n) is 1.73. The van der Waals surface area contributed by atoms with E-state index in [9.17, 15) is 0 Å². The van der Waals surface area contributed by atoms with Gasteiger partial charge < -0.3 is 5.32 Å². The summed E-state index contributed by atoms with van der Waals surface area (Å²) in [6.45, 7) is 5.63. The molecule has 0 heterocycles. The van der Waals surface area contributed by atoms with E-state index in [0.717, 1.165) is 17.0 Å². The fourth-order valence-corrected chi connectivity index (χ4v) is 0.563. The molecule has 0 rings (SSSR count). The molecule has 8 heavy (non-hydrogen) atoms. The highest BCUT2D eigenvalue weighted by molar-refractivity contribution is 7.80. The Hall–Kier alpha value is -0.370.